The molecule has 0 aliphatic heterocycles. The van der Waals surface area contributed by atoms with E-state index in [2.05, 4.69) is 0 Å². The van der Waals surface area contributed by atoms with Crippen LogP contribution in [0.2, 0.25) is 0 Å². The van der Waals surface area contributed by atoms with Crippen LogP contribution in [0, 0.1) is 70.8 Å². The van der Waals surface area contributed by atoms with Crippen molar-refractivity contribution in [2.24, 2.45) is 0 Å². The van der Waals surface area contributed by atoms with Gasteiger partial charge in [-0.3, -0.25) is 50.6 Å². The van der Waals surface area contributed by atoms with E-state index in [1.165, 1.54) is 0 Å². The van der Waals surface area contributed by atoms with E-state index in [1.54, 1.807) is 0 Å². The van der Waals surface area contributed by atoms with E-state index in [4.69, 9.17) is 0 Å². The molecule has 0 rings (SSSR count). The molecule has 0 aliphatic carbocycles. The quantitative estimate of drug-likeness (QED) is 0.0687. The molecule has 0 saturated heterocycles. The molecule has 24 heteroatoms. The fourth-order valence-electron chi connectivity index (χ4n) is 2.59. The van der Waals surface area contributed by atoms with E-state index < -0.39 is 72.6 Å². The zero-order valence-electron chi connectivity index (χ0n) is 17.5. The van der Waals surface area contributed by atoms with Gasteiger partial charge in [0, 0.05) is 0 Å². The number of hydrogen-bond acceptors (Lipinski definition) is 14. The highest BCUT2D eigenvalue weighted by atomic mass is 19.2. The SMILES string of the molecule is O=[N+]([O-])N(CCCCCCCN(CC([N+](=O)[O-])([N+](=O)[O-])[N+](=O)[O-])[N+](=O)[O-])CC(F)([N+](=O)[O-])[N+](=O)[O-]. The van der Waals surface area contributed by atoms with Crippen molar-refractivity contribution in [2.45, 2.75) is 43.8 Å². The van der Waals surface area contributed by atoms with Gasteiger partial charge < -0.3 is 0 Å². The van der Waals surface area contributed by atoms with Crippen LogP contribution in [-0.2, 0) is 0 Å². The lowest BCUT2D eigenvalue weighted by molar-refractivity contribution is -0.973. The Hall–Kier alpha value is -4.67. The van der Waals surface area contributed by atoms with Gasteiger partial charge in [-0.15, -0.1) is 10.0 Å². The molecule has 0 bridgehead atoms. The summed E-state index contributed by atoms with van der Waals surface area (Å²) in [6.45, 7) is -4.84. The van der Waals surface area contributed by atoms with Crippen molar-refractivity contribution in [3.8, 4) is 0 Å². The number of rotatable bonds is 19. The van der Waals surface area contributed by atoms with Crippen LogP contribution in [0.3, 0.4) is 0 Å². The lowest BCUT2D eigenvalue weighted by atomic mass is 10.1. The lowest BCUT2D eigenvalue weighted by Crippen LogP contribution is -2.61. The standard InChI is InChI=1S/C11H18FN9O14/c12-10(15(22)23,16(24)25)8-13(20(32)33)6-4-2-1-3-5-7-14(21(34)35)9-11(17(26)27,18(28)29)19(30)31/h1-9H2. The first-order chi connectivity index (χ1) is 16.0. The van der Waals surface area contributed by atoms with Crippen molar-refractivity contribution in [1.29, 1.82) is 0 Å². The average molecular weight is 519 g/mol. The zero-order valence-corrected chi connectivity index (χ0v) is 17.5. The fraction of sp³-hybridized carbons (Fsp3) is 1.00. The van der Waals surface area contributed by atoms with Crippen LogP contribution in [0.4, 0.5) is 4.39 Å². The largest absolute Gasteiger partial charge is 0.723 e. The van der Waals surface area contributed by atoms with E-state index in [0.29, 0.717) is 0 Å². The Kier molecular flexibility index (Phi) is 10.9. The molecule has 0 radical (unpaired) electrons. The number of hydrazine groups is 2. The Morgan fingerprint density at radius 2 is 0.829 bits per heavy atom. The molecular formula is C11H18FN9O14. The normalized spacial score (nSPS) is 11.3. The van der Waals surface area contributed by atoms with E-state index >= 15 is 0 Å². The molecule has 0 aromatic heterocycles. The Balaban J connectivity index is 4.82. The van der Waals surface area contributed by atoms with Gasteiger partial charge in [-0.25, -0.2) is 20.2 Å². The van der Waals surface area contributed by atoms with Gasteiger partial charge in [0.25, 0.3) is 13.1 Å². The van der Waals surface area contributed by atoms with Crippen LogP contribution < -0.4 is 0 Å². The summed E-state index contributed by atoms with van der Waals surface area (Å²) >= 11 is 0. The number of hydrogen-bond donors (Lipinski definition) is 0. The molecule has 0 saturated carbocycles. The third-order valence-electron chi connectivity index (χ3n) is 4.51. The molecular weight excluding hydrogens is 501 g/mol. The molecule has 0 aromatic carbocycles. The van der Waals surface area contributed by atoms with Crippen molar-refractivity contribution < 1.29 is 39.1 Å². The topological polar surface area (TPSA) is 308 Å². The molecule has 0 spiro atoms. The Bertz CT molecular complexity index is 821. The second-order valence-corrected chi connectivity index (χ2v) is 6.80. The Labute approximate surface area is 191 Å². The Morgan fingerprint density at radius 1 is 0.514 bits per heavy atom. The maximum Gasteiger partial charge on any atom is 0.723 e. The summed E-state index contributed by atoms with van der Waals surface area (Å²) in [4.78, 5) is 66.3. The average Bonchev–Trinajstić information content (AvgIpc) is 2.72. The Morgan fingerprint density at radius 3 is 1.11 bits per heavy atom. The third-order valence-corrected chi connectivity index (χ3v) is 4.51. The molecule has 0 fully saturated rings. The van der Waals surface area contributed by atoms with Crippen molar-refractivity contribution in [1.82, 2.24) is 10.0 Å². The second-order valence-electron chi connectivity index (χ2n) is 6.80. The first kappa shape index (κ1) is 30.3. The molecule has 0 unspecified atom stereocenters. The van der Waals surface area contributed by atoms with Gasteiger partial charge in [0.2, 0.25) is 0 Å². The number of unbranched alkanes of at least 4 members (excludes halogenated alkanes) is 4. The van der Waals surface area contributed by atoms with Crippen molar-refractivity contribution in [3.63, 3.8) is 0 Å². The predicted molar refractivity (Wildman–Crippen MR) is 102 cm³/mol. The fourth-order valence-corrected chi connectivity index (χ4v) is 2.59. The maximum absolute atomic E-state index is 13.8. The number of nitrogens with zero attached hydrogens (tertiary/aromatic N) is 9. The summed E-state index contributed by atoms with van der Waals surface area (Å²) in [6, 6.07) is 0. The molecule has 23 nitrogen and oxygen atoms in total. The highest BCUT2D eigenvalue weighted by molar-refractivity contribution is 4.60. The van der Waals surface area contributed by atoms with Crippen LogP contribution in [0.15, 0.2) is 0 Å². The van der Waals surface area contributed by atoms with Crippen molar-refractivity contribution >= 4 is 0 Å². The molecule has 0 N–H and O–H groups in total. The van der Waals surface area contributed by atoms with E-state index in [1.807, 2.05) is 0 Å². The number of halogens is 1. The predicted octanol–water partition coefficient (Wildman–Crippen LogP) is -0.415. The minimum absolute atomic E-state index is 0.0630. The smallest absolute Gasteiger partial charge is 0.256 e. The van der Waals surface area contributed by atoms with Crippen LogP contribution >= 0.6 is 0 Å². The summed E-state index contributed by atoms with van der Waals surface area (Å²) < 4.78 is 13.8. The summed E-state index contributed by atoms with van der Waals surface area (Å²) in [5, 5.41) is 73.0. The minimum atomic E-state index is -4.31. The van der Waals surface area contributed by atoms with Crippen LogP contribution in [0.25, 0.3) is 0 Å². The maximum atomic E-state index is 13.8. The van der Waals surface area contributed by atoms with Gasteiger partial charge >= 0.3 is 11.7 Å². The van der Waals surface area contributed by atoms with Gasteiger partial charge in [-0.05, 0) is 12.8 Å². The van der Waals surface area contributed by atoms with Crippen molar-refractivity contribution in [2.75, 3.05) is 26.2 Å². The molecule has 0 amide bonds. The number of alkyl halides is 1. The van der Waals surface area contributed by atoms with Crippen LogP contribution in [0.1, 0.15) is 32.1 Å². The highest BCUT2D eigenvalue weighted by Gasteiger charge is 2.73. The van der Waals surface area contributed by atoms with Crippen molar-refractivity contribution in [3.05, 3.63) is 70.8 Å². The second kappa shape index (κ2) is 12.5. The van der Waals surface area contributed by atoms with Gasteiger partial charge in [-0.2, -0.15) is 0 Å². The monoisotopic (exact) mass is 519 g/mol. The van der Waals surface area contributed by atoms with E-state index in [0.717, 1.165) is 0 Å². The summed E-state index contributed by atoms with van der Waals surface area (Å²) in [6.07, 6.45) is 0.134. The molecule has 0 aliphatic rings. The van der Waals surface area contributed by atoms with Crippen LogP contribution in [-0.4, -0.2) is 82.6 Å². The number of nitro groups is 7. The first-order valence-corrected chi connectivity index (χ1v) is 9.24. The van der Waals surface area contributed by atoms with Gasteiger partial charge in [0.15, 0.2) is 24.8 Å². The summed E-state index contributed by atoms with van der Waals surface area (Å²) in [7, 11) is 0. The van der Waals surface area contributed by atoms with E-state index in [9.17, 15) is 75.2 Å². The first-order valence-electron chi connectivity index (χ1n) is 9.24. The molecule has 0 atom stereocenters. The van der Waals surface area contributed by atoms with Gasteiger partial charge in [-0.1, -0.05) is 23.7 Å². The van der Waals surface area contributed by atoms with Gasteiger partial charge in [0.05, 0.1) is 13.1 Å². The minimum Gasteiger partial charge on any atom is -0.256 e. The molecule has 35 heavy (non-hydrogen) atoms. The van der Waals surface area contributed by atoms with E-state index in [-0.39, 0.29) is 42.1 Å². The molecule has 198 valence electrons. The zero-order chi connectivity index (χ0) is 27.6. The molecule has 0 aromatic rings. The highest BCUT2D eigenvalue weighted by Crippen LogP contribution is 2.17. The van der Waals surface area contributed by atoms with Crippen LogP contribution in [0.5, 0.6) is 0 Å². The summed E-state index contributed by atoms with van der Waals surface area (Å²) in [5.74, 6) is -8.39. The summed E-state index contributed by atoms with van der Waals surface area (Å²) in [5.41, 5.74) is 0. The molecule has 0 heterocycles. The third kappa shape index (κ3) is 7.70. The van der Waals surface area contributed by atoms with Gasteiger partial charge in [0.1, 0.15) is 9.85 Å². The lowest BCUT2D eigenvalue weighted by Gasteiger charge is -2.16.